The molecule has 0 N–H and O–H groups in total. The lowest BCUT2D eigenvalue weighted by Crippen LogP contribution is -2.35. The van der Waals surface area contributed by atoms with E-state index in [4.69, 9.17) is 4.74 Å². The van der Waals surface area contributed by atoms with Crippen molar-refractivity contribution in [3.05, 3.63) is 35.4 Å². The van der Waals surface area contributed by atoms with Gasteiger partial charge in [-0.2, -0.15) is 0 Å². The third-order valence-corrected chi connectivity index (χ3v) is 6.85. The van der Waals surface area contributed by atoms with Crippen LogP contribution in [-0.2, 0) is 14.4 Å². The molecule has 1 heterocycles. The Balaban J connectivity index is 1.50. The zero-order valence-electron chi connectivity index (χ0n) is 15.4. The Morgan fingerprint density at radius 1 is 0.926 bits per heavy atom. The van der Waals surface area contributed by atoms with E-state index in [0.717, 1.165) is 38.5 Å². The molecular formula is C22H23NO4. The van der Waals surface area contributed by atoms with Crippen molar-refractivity contribution in [2.45, 2.75) is 45.4 Å². The fourth-order valence-electron chi connectivity index (χ4n) is 5.98. The van der Waals surface area contributed by atoms with Gasteiger partial charge in [0.2, 0.25) is 11.8 Å². The van der Waals surface area contributed by atoms with E-state index in [1.165, 1.54) is 23.0 Å². The first-order valence-electron chi connectivity index (χ1n) is 9.94. The van der Waals surface area contributed by atoms with Crippen LogP contribution in [0.15, 0.2) is 35.4 Å². The molecule has 1 saturated heterocycles. The summed E-state index contributed by atoms with van der Waals surface area (Å²) in [5.74, 6) is 0.102. The number of anilines is 1. The van der Waals surface area contributed by atoms with Crippen molar-refractivity contribution in [1.29, 1.82) is 0 Å². The molecule has 4 aliphatic rings. The highest BCUT2D eigenvalue weighted by atomic mass is 16.5. The van der Waals surface area contributed by atoms with E-state index < -0.39 is 5.97 Å². The van der Waals surface area contributed by atoms with E-state index in [0.29, 0.717) is 11.4 Å². The second-order valence-corrected chi connectivity index (χ2v) is 8.20. The molecule has 0 radical (unpaired) electrons. The highest BCUT2D eigenvalue weighted by Gasteiger charge is 2.59. The second kappa shape index (κ2) is 6.04. The summed E-state index contributed by atoms with van der Waals surface area (Å²) in [6, 6.07) is 6.67. The number of benzene rings is 1. The van der Waals surface area contributed by atoms with Crippen molar-refractivity contribution < 1.29 is 19.1 Å². The van der Waals surface area contributed by atoms with Crippen LogP contribution in [0.4, 0.5) is 5.69 Å². The number of esters is 1. The molecule has 2 amide bonds. The highest BCUT2D eigenvalue weighted by molar-refractivity contribution is 6.22. The van der Waals surface area contributed by atoms with Crippen molar-refractivity contribution in [1.82, 2.24) is 0 Å². The number of hydrogen-bond donors (Lipinski definition) is 0. The summed E-state index contributed by atoms with van der Waals surface area (Å²) in [5.41, 5.74) is 3.59. The van der Waals surface area contributed by atoms with Gasteiger partial charge in [0.15, 0.2) is 0 Å². The van der Waals surface area contributed by atoms with Crippen LogP contribution in [0.1, 0.15) is 45.4 Å². The van der Waals surface area contributed by atoms with Crippen LogP contribution in [0.25, 0.3) is 0 Å². The Kier molecular flexibility index (Phi) is 3.74. The smallest absolute Gasteiger partial charge is 0.308 e. The van der Waals surface area contributed by atoms with Gasteiger partial charge in [0, 0.05) is 6.92 Å². The molecule has 1 aromatic carbocycles. The van der Waals surface area contributed by atoms with Gasteiger partial charge in [0.05, 0.1) is 17.5 Å². The van der Waals surface area contributed by atoms with Crippen molar-refractivity contribution in [2.24, 2.45) is 23.7 Å². The zero-order valence-corrected chi connectivity index (χ0v) is 15.4. The number of hydrogen-bond acceptors (Lipinski definition) is 4. The lowest BCUT2D eigenvalue weighted by Gasteiger charge is -2.34. The van der Waals surface area contributed by atoms with E-state index in [1.807, 2.05) is 0 Å². The molecule has 0 spiro atoms. The van der Waals surface area contributed by atoms with Gasteiger partial charge in [-0.15, -0.1) is 0 Å². The molecule has 4 atom stereocenters. The van der Waals surface area contributed by atoms with Crippen LogP contribution in [0.2, 0.25) is 0 Å². The quantitative estimate of drug-likeness (QED) is 0.347. The predicted octanol–water partition coefficient (Wildman–Crippen LogP) is 3.63. The molecule has 140 valence electrons. The molecule has 1 aromatic rings. The summed E-state index contributed by atoms with van der Waals surface area (Å²) >= 11 is 0. The predicted molar refractivity (Wildman–Crippen MR) is 98.9 cm³/mol. The van der Waals surface area contributed by atoms with Gasteiger partial charge >= 0.3 is 5.97 Å². The van der Waals surface area contributed by atoms with Gasteiger partial charge < -0.3 is 4.74 Å². The molecule has 5 nitrogen and oxygen atoms in total. The summed E-state index contributed by atoms with van der Waals surface area (Å²) in [7, 11) is 0. The Morgan fingerprint density at radius 3 is 1.93 bits per heavy atom. The fourth-order valence-corrected chi connectivity index (χ4v) is 5.98. The van der Waals surface area contributed by atoms with Crippen LogP contribution in [0.5, 0.6) is 5.75 Å². The third kappa shape index (κ3) is 2.40. The molecule has 0 unspecified atom stereocenters. The van der Waals surface area contributed by atoms with E-state index in [1.54, 1.807) is 24.3 Å². The number of carbonyl (C=O) groups is 3. The van der Waals surface area contributed by atoms with Gasteiger partial charge in [0.25, 0.3) is 0 Å². The molecule has 0 aromatic heterocycles. The van der Waals surface area contributed by atoms with Gasteiger partial charge in [-0.25, -0.2) is 0 Å². The maximum Gasteiger partial charge on any atom is 0.308 e. The number of amides is 2. The van der Waals surface area contributed by atoms with Gasteiger partial charge in [-0.05, 0) is 74.6 Å². The van der Waals surface area contributed by atoms with Gasteiger partial charge in [0.1, 0.15) is 5.75 Å². The number of ether oxygens (including phenoxy) is 1. The van der Waals surface area contributed by atoms with Crippen LogP contribution in [-0.4, -0.2) is 17.8 Å². The first-order chi connectivity index (χ1) is 13.1. The monoisotopic (exact) mass is 365 g/mol. The molecule has 0 bridgehead atoms. The van der Waals surface area contributed by atoms with Gasteiger partial charge in [-0.1, -0.05) is 11.1 Å². The van der Waals surface area contributed by atoms with Gasteiger partial charge in [-0.3, -0.25) is 19.3 Å². The highest BCUT2D eigenvalue weighted by Crippen LogP contribution is 2.57. The largest absolute Gasteiger partial charge is 0.427 e. The third-order valence-electron chi connectivity index (χ3n) is 6.85. The molecule has 2 saturated carbocycles. The maximum atomic E-state index is 13.3. The Labute approximate surface area is 158 Å². The molecule has 5 heteroatoms. The summed E-state index contributed by atoms with van der Waals surface area (Å²) in [4.78, 5) is 39.2. The van der Waals surface area contributed by atoms with Crippen molar-refractivity contribution >= 4 is 23.5 Å². The van der Waals surface area contributed by atoms with Crippen molar-refractivity contribution in [3.63, 3.8) is 0 Å². The molecule has 3 aliphatic carbocycles. The Hall–Kier alpha value is -2.43. The molecule has 1 aliphatic heterocycles. The van der Waals surface area contributed by atoms with E-state index >= 15 is 0 Å². The molecule has 27 heavy (non-hydrogen) atoms. The second-order valence-electron chi connectivity index (χ2n) is 8.20. The average molecular weight is 365 g/mol. The number of rotatable bonds is 2. The lowest BCUT2D eigenvalue weighted by atomic mass is 9.66. The van der Waals surface area contributed by atoms with Crippen LogP contribution >= 0.6 is 0 Å². The Morgan fingerprint density at radius 2 is 1.44 bits per heavy atom. The number of carbonyl (C=O) groups excluding carboxylic acids is 3. The van der Waals surface area contributed by atoms with Crippen molar-refractivity contribution in [3.8, 4) is 5.75 Å². The maximum absolute atomic E-state index is 13.3. The normalized spacial score (nSPS) is 31.8. The van der Waals surface area contributed by atoms with Crippen molar-refractivity contribution in [2.75, 3.05) is 4.90 Å². The van der Waals surface area contributed by atoms with E-state index in [2.05, 4.69) is 0 Å². The minimum Gasteiger partial charge on any atom is -0.427 e. The summed E-state index contributed by atoms with van der Waals surface area (Å²) in [6.07, 6.45) is 6.56. The Bertz CT molecular complexity index is 827. The lowest BCUT2D eigenvalue weighted by molar-refractivity contribution is -0.132. The first kappa shape index (κ1) is 16.7. The summed E-state index contributed by atoms with van der Waals surface area (Å²) in [5, 5.41) is 0. The van der Waals surface area contributed by atoms with E-state index in [9.17, 15) is 14.4 Å². The summed E-state index contributed by atoms with van der Waals surface area (Å²) < 4.78 is 5.06. The zero-order chi connectivity index (χ0) is 18.7. The minimum absolute atomic E-state index is 0.0411. The van der Waals surface area contributed by atoms with E-state index in [-0.39, 0.29) is 35.5 Å². The molecule has 3 fully saturated rings. The standard InChI is InChI=1S/C22H23NO4/c1-12(24)27-14-10-8-13(9-11-14)23-21(25)19-17-6-2-4-15(17)16-5-3-7-18(16)20(19)22(23)26/h8-11,17-20H,2-7H2,1H3/t17-,18-,19-,20+/m1/s1. The fraction of sp³-hybridized carbons (Fsp3) is 0.500. The number of allylic oxidation sites excluding steroid dienone is 2. The number of imide groups is 1. The summed E-state index contributed by atoms with van der Waals surface area (Å²) in [6.45, 7) is 1.34. The van der Waals surface area contributed by atoms with Crippen LogP contribution in [0.3, 0.4) is 0 Å². The first-order valence-corrected chi connectivity index (χ1v) is 9.94. The topological polar surface area (TPSA) is 63.7 Å². The average Bonchev–Trinajstić information content (AvgIpc) is 3.33. The number of nitrogens with zero attached hydrogens (tertiary/aromatic N) is 1. The van der Waals surface area contributed by atoms with Crippen LogP contribution in [0, 0.1) is 23.7 Å². The molecular weight excluding hydrogens is 342 g/mol. The van der Waals surface area contributed by atoms with Crippen LogP contribution < -0.4 is 9.64 Å². The minimum atomic E-state index is -0.393. The number of fused-ring (bicyclic) bond motifs is 5. The SMILES string of the molecule is CC(=O)Oc1ccc(N2C(=O)[C@@H]3[C@H](C2=O)[C@@H]2CCCC2=C2CCC[C@H]23)cc1. The molecule has 5 rings (SSSR count).